The molecule has 4 saturated carbocycles. The maximum atomic E-state index is 11.3. The molecule has 0 amide bonds. The molecule has 2 heterocycles. The Labute approximate surface area is 151 Å². The quantitative estimate of drug-likeness (QED) is 0.683. The van der Waals surface area contributed by atoms with Crippen LogP contribution >= 0.6 is 0 Å². The predicted molar refractivity (Wildman–Crippen MR) is 96.8 cm³/mol. The molecule has 0 radical (unpaired) electrons. The summed E-state index contributed by atoms with van der Waals surface area (Å²) >= 11 is 0. The fourth-order valence-corrected chi connectivity index (χ4v) is 9.31. The number of aliphatic hydroxyl groups is 1. The van der Waals surface area contributed by atoms with Gasteiger partial charge in [-0.25, -0.2) is 0 Å². The molecule has 1 N–H and O–H groups in total. The van der Waals surface area contributed by atoms with E-state index in [2.05, 4.69) is 18.4 Å². The van der Waals surface area contributed by atoms with Gasteiger partial charge in [-0.1, -0.05) is 19.9 Å². The first-order valence-corrected chi connectivity index (χ1v) is 10.7. The van der Waals surface area contributed by atoms with Crippen molar-refractivity contribution in [2.45, 2.75) is 70.6 Å². The molecule has 138 valence electrons. The molecular weight excluding hydrogens is 310 g/mol. The van der Waals surface area contributed by atoms with Gasteiger partial charge in [-0.3, -0.25) is 4.90 Å². The fraction of sp³-hybridized carbons (Fsp3) is 0.909. The normalized spacial score (nSPS) is 60.1. The van der Waals surface area contributed by atoms with Crippen molar-refractivity contribution < 1.29 is 9.84 Å². The van der Waals surface area contributed by atoms with E-state index < -0.39 is 0 Å². The Kier molecular flexibility index (Phi) is 2.95. The van der Waals surface area contributed by atoms with Gasteiger partial charge >= 0.3 is 0 Å². The fourth-order valence-electron chi connectivity index (χ4n) is 9.31. The van der Waals surface area contributed by atoms with Gasteiger partial charge < -0.3 is 9.84 Å². The Morgan fingerprint density at radius 2 is 2.04 bits per heavy atom. The second-order valence-corrected chi connectivity index (χ2v) is 10.6. The molecule has 3 heteroatoms. The lowest BCUT2D eigenvalue weighted by atomic mass is 9.38. The van der Waals surface area contributed by atoms with Gasteiger partial charge in [0.25, 0.3) is 0 Å². The van der Waals surface area contributed by atoms with E-state index >= 15 is 0 Å². The third-order valence-electron chi connectivity index (χ3n) is 9.95. The van der Waals surface area contributed by atoms with E-state index in [1.807, 2.05) is 0 Å². The summed E-state index contributed by atoms with van der Waals surface area (Å²) in [6.45, 7) is 10.2. The molecule has 6 rings (SSSR count). The zero-order valence-corrected chi connectivity index (χ0v) is 15.7. The average Bonchev–Trinajstić information content (AvgIpc) is 3.12. The van der Waals surface area contributed by atoms with Crippen molar-refractivity contribution in [3.05, 3.63) is 12.2 Å². The highest BCUT2D eigenvalue weighted by atomic mass is 16.5. The molecule has 0 aromatic rings. The summed E-state index contributed by atoms with van der Waals surface area (Å²) in [7, 11) is 0. The Hall–Kier alpha value is -0.380. The summed E-state index contributed by atoms with van der Waals surface area (Å²) < 4.78 is 6.48. The van der Waals surface area contributed by atoms with Crippen molar-refractivity contribution in [1.82, 2.24) is 4.90 Å². The molecule has 0 aromatic carbocycles. The second-order valence-electron chi connectivity index (χ2n) is 10.6. The Balaban J connectivity index is 1.53. The van der Waals surface area contributed by atoms with E-state index in [0.29, 0.717) is 23.5 Å². The lowest BCUT2D eigenvalue weighted by Crippen LogP contribution is -2.71. The molecule has 8 atom stereocenters. The van der Waals surface area contributed by atoms with Gasteiger partial charge in [0, 0.05) is 23.9 Å². The Bertz CT molecular complexity index is 634. The molecule has 1 spiro atoms. The van der Waals surface area contributed by atoms with Crippen molar-refractivity contribution in [2.75, 3.05) is 19.7 Å². The van der Waals surface area contributed by atoms with Crippen LogP contribution in [0.25, 0.3) is 0 Å². The summed E-state index contributed by atoms with van der Waals surface area (Å²) in [4.78, 5) is 2.69. The van der Waals surface area contributed by atoms with Gasteiger partial charge in [-0.15, -0.1) is 0 Å². The molecular formula is C22H33NO2. The predicted octanol–water partition coefficient (Wildman–Crippen LogP) is 3.58. The smallest absolute Gasteiger partial charge is 0.117 e. The lowest BCUT2D eigenvalue weighted by Gasteiger charge is -2.70. The largest absolute Gasteiger partial charge is 0.388 e. The zero-order chi connectivity index (χ0) is 17.0. The maximum Gasteiger partial charge on any atom is 0.117 e. The molecule has 4 aliphatic carbocycles. The van der Waals surface area contributed by atoms with Crippen molar-refractivity contribution in [3.63, 3.8) is 0 Å². The van der Waals surface area contributed by atoms with Crippen LogP contribution in [0.15, 0.2) is 12.2 Å². The average molecular weight is 344 g/mol. The highest BCUT2D eigenvalue weighted by Crippen LogP contribution is 2.75. The highest BCUT2D eigenvalue weighted by Gasteiger charge is 2.73. The highest BCUT2D eigenvalue weighted by molar-refractivity contribution is 5.29. The van der Waals surface area contributed by atoms with Crippen LogP contribution in [0, 0.1) is 34.0 Å². The number of rotatable bonds is 0. The molecule has 3 nitrogen and oxygen atoms in total. The summed E-state index contributed by atoms with van der Waals surface area (Å²) in [5.74, 6) is 2.01. The maximum absolute atomic E-state index is 11.3. The number of hydrogen-bond donors (Lipinski definition) is 1. The van der Waals surface area contributed by atoms with Crippen molar-refractivity contribution in [1.29, 1.82) is 0 Å². The van der Waals surface area contributed by atoms with E-state index in [4.69, 9.17) is 4.74 Å². The first kappa shape index (κ1) is 15.7. The van der Waals surface area contributed by atoms with Gasteiger partial charge in [0.2, 0.25) is 0 Å². The van der Waals surface area contributed by atoms with Gasteiger partial charge in [-0.05, 0) is 73.7 Å². The van der Waals surface area contributed by atoms with Crippen LogP contribution in [-0.4, -0.2) is 42.0 Å². The summed E-state index contributed by atoms with van der Waals surface area (Å²) in [5.41, 5.74) is 2.03. The third-order valence-corrected chi connectivity index (χ3v) is 9.95. The molecule has 2 saturated heterocycles. The second kappa shape index (κ2) is 4.72. The van der Waals surface area contributed by atoms with E-state index in [0.717, 1.165) is 24.6 Å². The molecule has 0 aromatic heterocycles. The van der Waals surface area contributed by atoms with E-state index in [1.54, 1.807) is 0 Å². The van der Waals surface area contributed by atoms with Gasteiger partial charge in [0.05, 0.1) is 12.7 Å². The standard InChI is InChI=1S/C22H33NO2/c1-14-15-4-5-17-21(12-15,18(14)24)9-6-16-20(2)7-3-8-22(16,17)19-23(13-20)10-11-25-19/h15-19,24H,1,3-13H2,2H3/t15-,16-,17-,18+,19-,20-,21-,22+/m1/s1. The zero-order valence-electron chi connectivity index (χ0n) is 15.7. The monoisotopic (exact) mass is 343 g/mol. The Morgan fingerprint density at radius 1 is 1.16 bits per heavy atom. The van der Waals surface area contributed by atoms with E-state index in [-0.39, 0.29) is 16.9 Å². The molecule has 6 aliphatic rings. The summed E-state index contributed by atoms with van der Waals surface area (Å²) in [5, 5.41) is 11.3. The Morgan fingerprint density at radius 3 is 2.92 bits per heavy atom. The van der Waals surface area contributed by atoms with E-state index in [1.165, 1.54) is 57.9 Å². The summed E-state index contributed by atoms with van der Waals surface area (Å²) in [6, 6.07) is 0. The van der Waals surface area contributed by atoms with Crippen molar-refractivity contribution in [2.24, 2.45) is 34.0 Å². The van der Waals surface area contributed by atoms with Gasteiger partial charge in [0.1, 0.15) is 6.23 Å². The molecule has 6 fully saturated rings. The number of piperidine rings is 1. The molecule has 0 unspecified atom stereocenters. The van der Waals surface area contributed by atoms with E-state index in [9.17, 15) is 5.11 Å². The molecule has 25 heavy (non-hydrogen) atoms. The molecule has 4 bridgehead atoms. The number of aliphatic hydroxyl groups excluding tert-OH is 1. The van der Waals surface area contributed by atoms with Crippen LogP contribution in [0.1, 0.15) is 58.3 Å². The van der Waals surface area contributed by atoms with Crippen LogP contribution in [-0.2, 0) is 4.74 Å². The minimum atomic E-state index is -0.259. The number of ether oxygens (including phenoxy) is 1. The minimum Gasteiger partial charge on any atom is -0.388 e. The minimum absolute atomic E-state index is 0.115. The van der Waals surface area contributed by atoms with Crippen LogP contribution < -0.4 is 0 Å². The number of fused-ring (bicyclic) bond motifs is 2. The third kappa shape index (κ3) is 1.62. The van der Waals surface area contributed by atoms with Crippen LogP contribution in [0.4, 0.5) is 0 Å². The topological polar surface area (TPSA) is 32.7 Å². The number of hydrogen-bond acceptors (Lipinski definition) is 3. The van der Waals surface area contributed by atoms with Gasteiger partial charge in [0.15, 0.2) is 0 Å². The molecule has 2 aliphatic heterocycles. The van der Waals surface area contributed by atoms with Crippen LogP contribution in [0.3, 0.4) is 0 Å². The number of nitrogens with zero attached hydrogens (tertiary/aromatic N) is 1. The summed E-state index contributed by atoms with van der Waals surface area (Å²) in [6.07, 6.45) is 10.4. The first-order valence-electron chi connectivity index (χ1n) is 10.7. The first-order chi connectivity index (χ1) is 12.0. The lowest BCUT2D eigenvalue weighted by molar-refractivity contribution is -0.276. The SMILES string of the molecule is C=C1[C@@H]2CC[C@@H]3[C@@](CC[C@@H]4[C@]5(C)CCC[C@]43[C@H]3OCCN3C5)(C2)[C@H]1O. The van der Waals surface area contributed by atoms with Crippen LogP contribution in [0.2, 0.25) is 0 Å². The van der Waals surface area contributed by atoms with Gasteiger partial charge in [-0.2, -0.15) is 0 Å². The van der Waals surface area contributed by atoms with Crippen molar-refractivity contribution >= 4 is 0 Å². The van der Waals surface area contributed by atoms with Crippen molar-refractivity contribution in [3.8, 4) is 0 Å². The van der Waals surface area contributed by atoms with Crippen LogP contribution in [0.5, 0.6) is 0 Å².